The number of ether oxygens (including phenoxy) is 1. The van der Waals surface area contributed by atoms with Crippen molar-refractivity contribution in [2.45, 2.75) is 19.1 Å². The van der Waals surface area contributed by atoms with Crippen molar-refractivity contribution in [3.63, 3.8) is 0 Å². The van der Waals surface area contributed by atoms with E-state index in [-0.39, 0.29) is 0 Å². The molecule has 17 heavy (non-hydrogen) atoms. The molecule has 0 aromatic heterocycles. The molecule has 1 aromatic rings. The van der Waals surface area contributed by atoms with Gasteiger partial charge < -0.3 is 15.2 Å². The molecule has 0 saturated carbocycles. The third-order valence-corrected chi connectivity index (χ3v) is 3.20. The van der Waals surface area contributed by atoms with E-state index in [1.807, 2.05) is 18.2 Å². The van der Waals surface area contributed by atoms with Crippen LogP contribution in [0, 0.1) is 0 Å². The van der Waals surface area contributed by atoms with E-state index in [0.717, 1.165) is 21.6 Å². The Labute approximate surface area is 115 Å². The predicted molar refractivity (Wildman–Crippen MR) is 73.4 cm³/mol. The maximum Gasteiger partial charge on any atom is 0.0785 e. The SMILES string of the molecule is COCC(O)CCNCc1cc(Br)ccc1Cl. The molecule has 1 atom stereocenters. The highest BCUT2D eigenvalue weighted by molar-refractivity contribution is 9.10. The van der Waals surface area contributed by atoms with Gasteiger partial charge in [0.25, 0.3) is 0 Å². The zero-order valence-electron chi connectivity index (χ0n) is 9.75. The second-order valence-electron chi connectivity index (χ2n) is 3.81. The molecular weight excluding hydrogens is 305 g/mol. The van der Waals surface area contributed by atoms with E-state index in [9.17, 15) is 5.11 Å². The molecule has 0 bridgehead atoms. The summed E-state index contributed by atoms with van der Waals surface area (Å²) in [7, 11) is 1.58. The van der Waals surface area contributed by atoms with Gasteiger partial charge in [0.15, 0.2) is 0 Å². The first-order chi connectivity index (χ1) is 8.13. The molecular formula is C12H17BrClNO2. The van der Waals surface area contributed by atoms with Gasteiger partial charge in [-0.05, 0) is 36.7 Å². The normalized spacial score (nSPS) is 12.7. The van der Waals surface area contributed by atoms with Crippen LogP contribution >= 0.6 is 27.5 Å². The van der Waals surface area contributed by atoms with Gasteiger partial charge in [-0.15, -0.1) is 0 Å². The third kappa shape index (κ3) is 5.84. The van der Waals surface area contributed by atoms with E-state index in [4.69, 9.17) is 16.3 Å². The molecule has 1 aromatic carbocycles. The first-order valence-corrected chi connectivity index (χ1v) is 6.62. The first kappa shape index (κ1) is 14.9. The van der Waals surface area contributed by atoms with Crippen LogP contribution in [0.3, 0.4) is 0 Å². The average Bonchev–Trinajstić information content (AvgIpc) is 2.29. The number of methoxy groups -OCH3 is 1. The van der Waals surface area contributed by atoms with E-state index in [1.165, 1.54) is 0 Å². The molecule has 0 fully saturated rings. The zero-order chi connectivity index (χ0) is 12.7. The van der Waals surface area contributed by atoms with Gasteiger partial charge in [-0.25, -0.2) is 0 Å². The van der Waals surface area contributed by atoms with Crippen LogP contribution in [-0.2, 0) is 11.3 Å². The van der Waals surface area contributed by atoms with Crippen molar-refractivity contribution in [3.05, 3.63) is 33.3 Å². The van der Waals surface area contributed by atoms with Crippen molar-refractivity contribution in [3.8, 4) is 0 Å². The minimum atomic E-state index is -0.412. The third-order valence-electron chi connectivity index (χ3n) is 2.34. The van der Waals surface area contributed by atoms with Gasteiger partial charge >= 0.3 is 0 Å². The van der Waals surface area contributed by atoms with Gasteiger partial charge in [-0.1, -0.05) is 27.5 Å². The Kier molecular flexibility index (Phi) is 7.08. The summed E-state index contributed by atoms with van der Waals surface area (Å²) < 4.78 is 5.86. The number of hydrogen-bond acceptors (Lipinski definition) is 3. The van der Waals surface area contributed by atoms with Crippen molar-refractivity contribution in [2.24, 2.45) is 0 Å². The van der Waals surface area contributed by atoms with E-state index < -0.39 is 6.10 Å². The summed E-state index contributed by atoms with van der Waals surface area (Å²) in [5, 5.41) is 13.4. The number of nitrogens with one attached hydrogen (secondary N) is 1. The Morgan fingerprint density at radius 3 is 3.00 bits per heavy atom. The van der Waals surface area contributed by atoms with Crippen molar-refractivity contribution >= 4 is 27.5 Å². The summed E-state index contributed by atoms with van der Waals surface area (Å²) in [6.45, 7) is 1.80. The molecule has 96 valence electrons. The fraction of sp³-hybridized carbons (Fsp3) is 0.500. The molecule has 5 heteroatoms. The Bertz CT molecular complexity index is 349. The van der Waals surface area contributed by atoms with Crippen LogP contribution in [0.25, 0.3) is 0 Å². The molecule has 0 amide bonds. The number of aliphatic hydroxyl groups is 1. The van der Waals surface area contributed by atoms with Gasteiger partial charge in [-0.2, -0.15) is 0 Å². The van der Waals surface area contributed by atoms with Crippen LogP contribution < -0.4 is 5.32 Å². The lowest BCUT2D eigenvalue weighted by Crippen LogP contribution is -2.23. The second kappa shape index (κ2) is 8.06. The summed E-state index contributed by atoms with van der Waals surface area (Å²) in [4.78, 5) is 0. The summed E-state index contributed by atoms with van der Waals surface area (Å²) in [6.07, 6.45) is 0.255. The second-order valence-corrected chi connectivity index (χ2v) is 5.13. The highest BCUT2D eigenvalue weighted by Crippen LogP contribution is 2.20. The number of aliphatic hydroxyl groups excluding tert-OH is 1. The molecule has 0 saturated heterocycles. The maximum absolute atomic E-state index is 9.45. The number of benzene rings is 1. The Morgan fingerprint density at radius 1 is 1.53 bits per heavy atom. The summed E-state index contributed by atoms with van der Waals surface area (Å²) >= 11 is 9.46. The largest absolute Gasteiger partial charge is 0.391 e. The van der Waals surface area contributed by atoms with Gasteiger partial charge in [-0.3, -0.25) is 0 Å². The fourth-order valence-corrected chi connectivity index (χ4v) is 2.04. The molecule has 0 heterocycles. The van der Waals surface area contributed by atoms with E-state index in [0.29, 0.717) is 19.6 Å². The fourth-order valence-electron chi connectivity index (χ4n) is 1.45. The van der Waals surface area contributed by atoms with Crippen LogP contribution in [0.15, 0.2) is 22.7 Å². The Morgan fingerprint density at radius 2 is 2.29 bits per heavy atom. The molecule has 0 spiro atoms. The number of halogens is 2. The monoisotopic (exact) mass is 321 g/mol. The predicted octanol–water partition coefficient (Wildman–Crippen LogP) is 2.59. The number of hydrogen-bond donors (Lipinski definition) is 2. The highest BCUT2D eigenvalue weighted by Gasteiger charge is 2.04. The minimum absolute atomic E-state index is 0.374. The average molecular weight is 323 g/mol. The zero-order valence-corrected chi connectivity index (χ0v) is 12.1. The van der Waals surface area contributed by atoms with Crippen LogP contribution in [0.5, 0.6) is 0 Å². The molecule has 1 rings (SSSR count). The molecule has 3 nitrogen and oxygen atoms in total. The lowest BCUT2D eigenvalue weighted by Gasteiger charge is -2.11. The van der Waals surface area contributed by atoms with Crippen molar-refractivity contribution in [2.75, 3.05) is 20.3 Å². The van der Waals surface area contributed by atoms with Crippen molar-refractivity contribution < 1.29 is 9.84 Å². The van der Waals surface area contributed by atoms with Crippen LogP contribution in [0.2, 0.25) is 5.02 Å². The molecule has 2 N–H and O–H groups in total. The van der Waals surface area contributed by atoms with Gasteiger partial charge in [0.1, 0.15) is 0 Å². The van der Waals surface area contributed by atoms with E-state index in [1.54, 1.807) is 7.11 Å². The van der Waals surface area contributed by atoms with Crippen molar-refractivity contribution in [1.29, 1.82) is 0 Å². The Balaban J connectivity index is 2.28. The van der Waals surface area contributed by atoms with Gasteiger partial charge in [0.2, 0.25) is 0 Å². The smallest absolute Gasteiger partial charge is 0.0785 e. The minimum Gasteiger partial charge on any atom is -0.391 e. The maximum atomic E-state index is 9.45. The molecule has 0 aliphatic carbocycles. The quantitative estimate of drug-likeness (QED) is 0.758. The lowest BCUT2D eigenvalue weighted by molar-refractivity contribution is 0.0594. The molecule has 1 unspecified atom stereocenters. The first-order valence-electron chi connectivity index (χ1n) is 5.45. The topological polar surface area (TPSA) is 41.5 Å². The summed E-state index contributed by atoms with van der Waals surface area (Å²) in [6, 6.07) is 5.76. The summed E-state index contributed by atoms with van der Waals surface area (Å²) in [5.74, 6) is 0. The van der Waals surface area contributed by atoms with Crippen LogP contribution in [-0.4, -0.2) is 31.5 Å². The number of rotatable bonds is 7. The van der Waals surface area contributed by atoms with E-state index in [2.05, 4.69) is 21.2 Å². The highest BCUT2D eigenvalue weighted by atomic mass is 79.9. The van der Waals surface area contributed by atoms with Crippen LogP contribution in [0.4, 0.5) is 0 Å². The lowest BCUT2D eigenvalue weighted by atomic mass is 10.2. The van der Waals surface area contributed by atoms with E-state index >= 15 is 0 Å². The van der Waals surface area contributed by atoms with Gasteiger partial charge in [0.05, 0.1) is 12.7 Å². The van der Waals surface area contributed by atoms with Crippen LogP contribution in [0.1, 0.15) is 12.0 Å². The van der Waals surface area contributed by atoms with Gasteiger partial charge in [0, 0.05) is 23.1 Å². The molecule has 0 aliphatic heterocycles. The molecule has 0 aliphatic rings. The molecule has 0 radical (unpaired) electrons. The standard InChI is InChI=1S/C12H17BrClNO2/c1-17-8-11(16)4-5-15-7-9-6-10(13)2-3-12(9)14/h2-3,6,11,15-16H,4-5,7-8H2,1H3. The Hall–Kier alpha value is -0.130. The summed E-state index contributed by atoms with van der Waals surface area (Å²) in [5.41, 5.74) is 1.04. The van der Waals surface area contributed by atoms with Crippen molar-refractivity contribution in [1.82, 2.24) is 5.32 Å².